The second-order valence-electron chi connectivity index (χ2n) is 6.49. The number of imidazole rings is 1. The Labute approximate surface area is 178 Å². The number of H-pyrrole nitrogens is 1. The molecule has 3 heterocycles. The zero-order valence-electron chi connectivity index (χ0n) is 17.4. The van der Waals surface area contributed by atoms with E-state index in [4.69, 9.17) is 9.47 Å². The lowest BCUT2D eigenvalue weighted by Crippen LogP contribution is -2.05. The Bertz CT molecular complexity index is 1120. The molecule has 4 rings (SSSR count). The Morgan fingerprint density at radius 1 is 1.07 bits per heavy atom. The molecule has 0 aliphatic heterocycles. The van der Waals surface area contributed by atoms with Crippen LogP contribution in [-0.4, -0.2) is 38.4 Å². The molecule has 156 valence electrons. The van der Waals surface area contributed by atoms with E-state index in [2.05, 4.69) is 19.9 Å². The van der Waals surface area contributed by atoms with Crippen molar-refractivity contribution in [2.75, 3.05) is 14.2 Å². The van der Waals surface area contributed by atoms with Crippen molar-refractivity contribution in [1.29, 1.82) is 0 Å². The van der Waals surface area contributed by atoms with E-state index in [1.807, 2.05) is 50.2 Å². The van der Waals surface area contributed by atoms with E-state index in [1.54, 1.807) is 32.8 Å². The Morgan fingerprint density at radius 3 is 2.43 bits per heavy atom. The Morgan fingerprint density at radius 2 is 1.83 bits per heavy atom. The predicted molar refractivity (Wildman–Crippen MR) is 117 cm³/mol. The highest BCUT2D eigenvalue weighted by Crippen LogP contribution is 2.26. The van der Waals surface area contributed by atoms with Crippen LogP contribution < -0.4 is 9.47 Å². The van der Waals surface area contributed by atoms with Gasteiger partial charge in [0.2, 0.25) is 0 Å². The number of ether oxygens (including phenoxy) is 2. The van der Waals surface area contributed by atoms with Gasteiger partial charge in [0, 0.05) is 35.8 Å². The van der Waals surface area contributed by atoms with Crippen molar-refractivity contribution in [3.8, 4) is 11.5 Å². The lowest BCUT2D eigenvalue weighted by atomic mass is 10.1. The number of hydrogen-bond donors (Lipinski definition) is 1. The lowest BCUT2D eigenvalue weighted by molar-refractivity contribution is 0.407. The fraction of sp³-hybridized carbons (Fsp3) is 0.227. The van der Waals surface area contributed by atoms with Crippen molar-refractivity contribution in [2.24, 2.45) is 0 Å². The summed E-state index contributed by atoms with van der Waals surface area (Å²) in [5.74, 6) is 1.79. The number of nitrogens with zero attached hydrogens (tertiary/aromatic N) is 3. The van der Waals surface area contributed by atoms with Gasteiger partial charge in [-0.3, -0.25) is 14.2 Å². The molecule has 1 N–H and O–H groups in total. The monoisotopic (exact) mass is 424 g/mol. The minimum atomic E-state index is -1.33. The highest BCUT2D eigenvalue weighted by Gasteiger charge is 2.16. The summed E-state index contributed by atoms with van der Waals surface area (Å²) in [5, 5.41) is 0.430. The number of fused-ring (bicyclic) bond motifs is 1. The Balaban J connectivity index is 0.000000367. The largest absolute Gasteiger partial charge is 0.497 e. The van der Waals surface area contributed by atoms with Crippen LogP contribution >= 0.6 is 0 Å². The number of hydrogen-bond acceptors (Lipinski definition) is 6. The van der Waals surface area contributed by atoms with Crippen LogP contribution in [0.25, 0.3) is 11.0 Å². The van der Waals surface area contributed by atoms with Crippen LogP contribution in [0, 0.1) is 13.8 Å². The number of benzene rings is 1. The third-order valence-electron chi connectivity index (χ3n) is 4.47. The SMILES string of the molecule is COc1ccc2nc(S(=O)Cc3ncc(C)c(OC)c3C)[nH]c2c1.c1ccncc1. The third kappa shape index (κ3) is 5.01. The topological polar surface area (TPSA) is 90.0 Å². The summed E-state index contributed by atoms with van der Waals surface area (Å²) in [6.07, 6.45) is 5.24. The first-order valence-electron chi connectivity index (χ1n) is 9.29. The Hall–Kier alpha value is -3.26. The summed E-state index contributed by atoms with van der Waals surface area (Å²) in [5.41, 5.74) is 4.16. The summed E-state index contributed by atoms with van der Waals surface area (Å²) >= 11 is 0. The molecule has 0 saturated carbocycles. The molecule has 4 aromatic rings. The predicted octanol–water partition coefficient (Wildman–Crippen LogP) is 3.98. The zero-order valence-corrected chi connectivity index (χ0v) is 18.2. The molecule has 1 unspecified atom stereocenters. The van der Waals surface area contributed by atoms with Crippen LogP contribution in [0.5, 0.6) is 11.5 Å². The normalized spacial score (nSPS) is 11.5. The lowest BCUT2D eigenvalue weighted by Gasteiger charge is -2.11. The van der Waals surface area contributed by atoms with Gasteiger partial charge in [-0.05, 0) is 38.1 Å². The molecule has 0 saturated heterocycles. The molecule has 0 amide bonds. The van der Waals surface area contributed by atoms with Crippen molar-refractivity contribution in [3.63, 3.8) is 0 Å². The molecular weight excluding hydrogens is 400 g/mol. The number of aromatic nitrogens is 4. The van der Waals surface area contributed by atoms with Gasteiger partial charge in [0.25, 0.3) is 0 Å². The second-order valence-corrected chi connectivity index (χ2v) is 7.85. The number of aryl methyl sites for hydroxylation is 1. The van der Waals surface area contributed by atoms with E-state index < -0.39 is 10.8 Å². The number of pyridine rings is 2. The van der Waals surface area contributed by atoms with Gasteiger partial charge < -0.3 is 14.5 Å². The molecule has 0 fully saturated rings. The van der Waals surface area contributed by atoms with E-state index in [0.29, 0.717) is 5.16 Å². The van der Waals surface area contributed by atoms with E-state index in [9.17, 15) is 4.21 Å². The second kappa shape index (κ2) is 9.98. The summed E-state index contributed by atoms with van der Waals surface area (Å²) in [6, 6.07) is 11.2. The van der Waals surface area contributed by atoms with Gasteiger partial charge in [-0.25, -0.2) is 4.98 Å². The number of aromatic amines is 1. The quantitative estimate of drug-likeness (QED) is 0.521. The van der Waals surface area contributed by atoms with Gasteiger partial charge in [0.15, 0.2) is 5.16 Å². The highest BCUT2D eigenvalue weighted by molar-refractivity contribution is 7.84. The molecule has 1 atom stereocenters. The molecule has 8 heteroatoms. The first kappa shape index (κ1) is 21.4. The van der Waals surface area contributed by atoms with Gasteiger partial charge in [0.05, 0.1) is 47.5 Å². The molecule has 0 bridgehead atoms. The average Bonchev–Trinajstić information content (AvgIpc) is 3.21. The summed E-state index contributed by atoms with van der Waals surface area (Å²) in [4.78, 5) is 15.7. The fourth-order valence-electron chi connectivity index (χ4n) is 2.92. The molecule has 0 aliphatic rings. The van der Waals surface area contributed by atoms with Crippen LogP contribution in [0.1, 0.15) is 16.8 Å². The van der Waals surface area contributed by atoms with Crippen molar-refractivity contribution in [2.45, 2.75) is 24.8 Å². The van der Waals surface area contributed by atoms with E-state index in [0.717, 1.165) is 39.4 Å². The van der Waals surface area contributed by atoms with Crippen LogP contribution in [0.4, 0.5) is 0 Å². The van der Waals surface area contributed by atoms with Crippen LogP contribution in [0.15, 0.2) is 60.1 Å². The molecule has 3 aromatic heterocycles. The number of rotatable bonds is 5. The van der Waals surface area contributed by atoms with Crippen molar-refractivity contribution < 1.29 is 13.7 Å². The maximum absolute atomic E-state index is 12.7. The molecule has 0 spiro atoms. The zero-order chi connectivity index (χ0) is 21.5. The first-order chi connectivity index (χ1) is 14.5. The smallest absolute Gasteiger partial charge is 0.197 e. The maximum atomic E-state index is 12.7. The fourth-order valence-corrected chi connectivity index (χ4v) is 4.02. The van der Waals surface area contributed by atoms with Gasteiger partial charge in [-0.15, -0.1) is 0 Å². The summed E-state index contributed by atoms with van der Waals surface area (Å²) in [6.45, 7) is 3.86. The minimum absolute atomic E-state index is 0.277. The molecule has 0 aliphatic carbocycles. The van der Waals surface area contributed by atoms with E-state index in [-0.39, 0.29) is 5.75 Å². The van der Waals surface area contributed by atoms with Gasteiger partial charge >= 0.3 is 0 Å². The van der Waals surface area contributed by atoms with Crippen molar-refractivity contribution in [1.82, 2.24) is 19.9 Å². The molecule has 7 nitrogen and oxygen atoms in total. The van der Waals surface area contributed by atoms with Crippen LogP contribution in [0.2, 0.25) is 0 Å². The van der Waals surface area contributed by atoms with Crippen molar-refractivity contribution >= 4 is 21.8 Å². The van der Waals surface area contributed by atoms with E-state index >= 15 is 0 Å². The standard InChI is InChI=1S/C17H19N3O3S.C5H5N/c1-10-8-18-15(11(2)16(10)23-4)9-24(21)17-19-13-6-5-12(22-3)7-14(13)20-17;1-2-4-6-5-3-1/h5-8H,9H2,1-4H3,(H,19,20);1-5H. The molecular formula is C22H24N4O3S. The minimum Gasteiger partial charge on any atom is -0.497 e. The average molecular weight is 425 g/mol. The van der Waals surface area contributed by atoms with Crippen molar-refractivity contribution in [3.05, 3.63) is 71.8 Å². The number of nitrogens with one attached hydrogen (secondary N) is 1. The molecule has 0 radical (unpaired) electrons. The van der Waals surface area contributed by atoms with Gasteiger partial charge in [-0.1, -0.05) is 6.07 Å². The van der Waals surface area contributed by atoms with E-state index in [1.165, 1.54) is 0 Å². The molecule has 30 heavy (non-hydrogen) atoms. The number of methoxy groups -OCH3 is 2. The Kier molecular flexibility index (Phi) is 7.13. The highest BCUT2D eigenvalue weighted by atomic mass is 32.2. The van der Waals surface area contributed by atoms with Gasteiger partial charge in [-0.2, -0.15) is 0 Å². The van der Waals surface area contributed by atoms with Crippen LogP contribution in [0.3, 0.4) is 0 Å². The van der Waals surface area contributed by atoms with Crippen LogP contribution in [-0.2, 0) is 16.6 Å². The first-order valence-corrected chi connectivity index (χ1v) is 10.6. The third-order valence-corrected chi connectivity index (χ3v) is 5.63. The maximum Gasteiger partial charge on any atom is 0.197 e. The summed E-state index contributed by atoms with van der Waals surface area (Å²) < 4.78 is 23.3. The molecule has 1 aromatic carbocycles. The summed E-state index contributed by atoms with van der Waals surface area (Å²) in [7, 11) is 1.91. The van der Waals surface area contributed by atoms with Gasteiger partial charge in [0.1, 0.15) is 11.5 Å².